The second kappa shape index (κ2) is 8.46. The van der Waals surface area contributed by atoms with Gasteiger partial charge in [-0.05, 0) is 37.5 Å². The van der Waals surface area contributed by atoms with Gasteiger partial charge < -0.3 is 5.32 Å². The van der Waals surface area contributed by atoms with Gasteiger partial charge in [0, 0.05) is 11.8 Å². The molecule has 1 aliphatic rings. The van der Waals surface area contributed by atoms with Crippen LogP contribution in [0.4, 0.5) is 0 Å². The summed E-state index contributed by atoms with van der Waals surface area (Å²) in [6, 6.07) is 0.784. The van der Waals surface area contributed by atoms with Gasteiger partial charge in [0.25, 0.3) is 0 Å². The van der Waals surface area contributed by atoms with E-state index >= 15 is 0 Å². The summed E-state index contributed by atoms with van der Waals surface area (Å²) >= 11 is 2.13. The van der Waals surface area contributed by atoms with Crippen molar-refractivity contribution in [3.8, 4) is 0 Å². The number of rotatable bonds is 7. The third-order valence-corrected chi connectivity index (χ3v) is 4.62. The van der Waals surface area contributed by atoms with Gasteiger partial charge in [-0.15, -0.1) is 0 Å². The zero-order valence-electron chi connectivity index (χ0n) is 10.4. The molecule has 0 aliphatic heterocycles. The molecule has 1 aliphatic carbocycles. The number of hydrogen-bond acceptors (Lipinski definition) is 2. The molecule has 0 radical (unpaired) electrons. The molecule has 0 amide bonds. The van der Waals surface area contributed by atoms with Crippen LogP contribution in [0.5, 0.6) is 0 Å². The summed E-state index contributed by atoms with van der Waals surface area (Å²) < 4.78 is 0. The molecule has 1 fully saturated rings. The number of thioether (sulfide) groups is 1. The second-order valence-electron chi connectivity index (χ2n) is 4.64. The highest BCUT2D eigenvalue weighted by Gasteiger charge is 2.22. The Bertz CT molecular complexity index is 143. The van der Waals surface area contributed by atoms with E-state index < -0.39 is 0 Å². The molecule has 2 heteroatoms. The first-order chi connectivity index (χ1) is 7.38. The van der Waals surface area contributed by atoms with Crippen molar-refractivity contribution in [3.05, 3.63) is 0 Å². The minimum Gasteiger partial charge on any atom is -0.313 e. The Balaban J connectivity index is 2.26. The fraction of sp³-hybridized carbons (Fsp3) is 1.00. The van der Waals surface area contributed by atoms with Crippen LogP contribution >= 0.6 is 11.8 Å². The Hall–Kier alpha value is 0.310. The molecule has 1 rings (SSSR count). The van der Waals surface area contributed by atoms with Crippen molar-refractivity contribution in [2.75, 3.05) is 18.1 Å². The van der Waals surface area contributed by atoms with Crippen molar-refractivity contribution in [2.45, 2.75) is 58.4 Å². The van der Waals surface area contributed by atoms with Crippen LogP contribution in [0.3, 0.4) is 0 Å². The predicted octanol–water partition coefficient (Wildman–Crippen LogP) is 3.69. The van der Waals surface area contributed by atoms with Crippen molar-refractivity contribution < 1.29 is 0 Å². The minimum atomic E-state index is 0.784. The lowest BCUT2D eigenvalue weighted by Gasteiger charge is -2.30. The maximum Gasteiger partial charge on any atom is 0.0186 e. The van der Waals surface area contributed by atoms with Crippen LogP contribution in [-0.2, 0) is 0 Å². The molecule has 1 N–H and O–H groups in total. The molecule has 1 saturated carbocycles. The van der Waals surface area contributed by atoms with E-state index in [1.165, 1.54) is 50.0 Å². The summed E-state index contributed by atoms with van der Waals surface area (Å²) in [4.78, 5) is 0. The molecule has 0 aromatic carbocycles. The smallest absolute Gasteiger partial charge is 0.0186 e. The Labute approximate surface area is 99.8 Å². The summed E-state index contributed by atoms with van der Waals surface area (Å²) in [6.07, 6.45) is 8.64. The van der Waals surface area contributed by atoms with E-state index in [9.17, 15) is 0 Å². The van der Waals surface area contributed by atoms with Gasteiger partial charge in [-0.2, -0.15) is 11.8 Å². The van der Waals surface area contributed by atoms with Crippen LogP contribution in [0.1, 0.15) is 52.4 Å². The molecule has 1 atom stereocenters. The van der Waals surface area contributed by atoms with E-state index in [4.69, 9.17) is 0 Å². The van der Waals surface area contributed by atoms with Crippen molar-refractivity contribution in [3.63, 3.8) is 0 Å². The molecule has 0 bridgehead atoms. The topological polar surface area (TPSA) is 12.0 Å². The molecule has 0 heterocycles. The van der Waals surface area contributed by atoms with E-state index in [0.717, 1.165) is 18.5 Å². The van der Waals surface area contributed by atoms with Crippen LogP contribution in [0.2, 0.25) is 0 Å². The SMILES string of the molecule is CCCSCC(NCC)C1CCCCC1. The molecular formula is C13H27NS. The van der Waals surface area contributed by atoms with Gasteiger partial charge >= 0.3 is 0 Å². The number of hydrogen-bond donors (Lipinski definition) is 1. The van der Waals surface area contributed by atoms with Crippen molar-refractivity contribution >= 4 is 11.8 Å². The quantitative estimate of drug-likeness (QED) is 0.668. The average Bonchev–Trinajstić information content (AvgIpc) is 2.29. The lowest BCUT2D eigenvalue weighted by Crippen LogP contribution is -2.39. The maximum absolute atomic E-state index is 3.69. The van der Waals surface area contributed by atoms with Gasteiger partial charge in [0.15, 0.2) is 0 Å². The molecule has 1 nitrogen and oxygen atoms in total. The lowest BCUT2D eigenvalue weighted by molar-refractivity contribution is 0.288. The first-order valence-corrected chi connectivity index (χ1v) is 7.85. The molecule has 1 unspecified atom stereocenters. The highest BCUT2D eigenvalue weighted by molar-refractivity contribution is 7.99. The third kappa shape index (κ3) is 5.26. The largest absolute Gasteiger partial charge is 0.313 e. The molecule has 0 saturated heterocycles. The normalized spacial score (nSPS) is 20.4. The first kappa shape index (κ1) is 13.4. The first-order valence-electron chi connectivity index (χ1n) is 6.69. The Kier molecular flexibility index (Phi) is 7.54. The highest BCUT2D eigenvalue weighted by atomic mass is 32.2. The molecule has 90 valence electrons. The minimum absolute atomic E-state index is 0.784. The van der Waals surface area contributed by atoms with Crippen LogP contribution < -0.4 is 5.32 Å². The lowest BCUT2D eigenvalue weighted by atomic mass is 9.84. The molecule has 0 aromatic heterocycles. The van der Waals surface area contributed by atoms with Gasteiger partial charge in [0.2, 0.25) is 0 Å². The van der Waals surface area contributed by atoms with Crippen LogP contribution in [-0.4, -0.2) is 24.1 Å². The Morgan fingerprint density at radius 2 is 1.93 bits per heavy atom. The zero-order valence-corrected chi connectivity index (χ0v) is 11.2. The van der Waals surface area contributed by atoms with E-state index in [1.54, 1.807) is 0 Å². The van der Waals surface area contributed by atoms with Crippen molar-refractivity contribution in [1.82, 2.24) is 5.32 Å². The highest BCUT2D eigenvalue weighted by Crippen LogP contribution is 2.28. The molecular weight excluding hydrogens is 202 g/mol. The zero-order chi connectivity index (χ0) is 10.9. The molecule has 0 spiro atoms. The third-order valence-electron chi connectivity index (χ3n) is 3.33. The standard InChI is InChI=1S/C13H27NS/c1-3-10-15-11-13(14-4-2)12-8-6-5-7-9-12/h12-14H,3-11H2,1-2H3. The average molecular weight is 229 g/mol. The summed E-state index contributed by atoms with van der Waals surface area (Å²) in [5, 5.41) is 3.69. The van der Waals surface area contributed by atoms with Crippen molar-refractivity contribution in [2.24, 2.45) is 5.92 Å². The monoisotopic (exact) mass is 229 g/mol. The summed E-state index contributed by atoms with van der Waals surface area (Å²) in [5.74, 6) is 3.61. The van der Waals surface area contributed by atoms with Gasteiger partial charge in [0.05, 0.1) is 0 Å². The maximum atomic E-state index is 3.69. The molecule has 15 heavy (non-hydrogen) atoms. The predicted molar refractivity (Wildman–Crippen MR) is 71.7 cm³/mol. The van der Waals surface area contributed by atoms with Gasteiger partial charge in [-0.3, -0.25) is 0 Å². The van der Waals surface area contributed by atoms with Gasteiger partial charge in [-0.25, -0.2) is 0 Å². The van der Waals surface area contributed by atoms with Crippen molar-refractivity contribution in [1.29, 1.82) is 0 Å². The second-order valence-corrected chi connectivity index (χ2v) is 5.79. The molecule has 0 aromatic rings. The number of nitrogens with one attached hydrogen (secondary N) is 1. The van der Waals surface area contributed by atoms with Gasteiger partial charge in [-0.1, -0.05) is 33.1 Å². The van der Waals surface area contributed by atoms with E-state index in [1.807, 2.05) is 0 Å². The summed E-state index contributed by atoms with van der Waals surface area (Å²) in [5.41, 5.74) is 0. The van der Waals surface area contributed by atoms with Crippen LogP contribution in [0, 0.1) is 5.92 Å². The van der Waals surface area contributed by atoms with Crippen LogP contribution in [0.25, 0.3) is 0 Å². The Morgan fingerprint density at radius 1 is 1.20 bits per heavy atom. The van der Waals surface area contributed by atoms with E-state index in [-0.39, 0.29) is 0 Å². The van der Waals surface area contributed by atoms with E-state index in [0.29, 0.717) is 0 Å². The fourth-order valence-electron chi connectivity index (χ4n) is 2.52. The summed E-state index contributed by atoms with van der Waals surface area (Å²) in [7, 11) is 0. The van der Waals surface area contributed by atoms with E-state index in [2.05, 4.69) is 30.9 Å². The van der Waals surface area contributed by atoms with Crippen LogP contribution in [0.15, 0.2) is 0 Å². The summed E-state index contributed by atoms with van der Waals surface area (Å²) in [6.45, 7) is 5.64. The Morgan fingerprint density at radius 3 is 2.53 bits per heavy atom. The fourth-order valence-corrected chi connectivity index (χ4v) is 3.61. The van der Waals surface area contributed by atoms with Gasteiger partial charge in [0.1, 0.15) is 0 Å².